The fourth-order valence-corrected chi connectivity index (χ4v) is 4.16. The predicted octanol–water partition coefficient (Wildman–Crippen LogP) is 5.06. The van der Waals surface area contributed by atoms with Crippen molar-refractivity contribution in [2.45, 2.75) is 25.7 Å². The Balaban J connectivity index is 1.48. The van der Waals surface area contributed by atoms with Crippen LogP contribution in [-0.4, -0.2) is 18.0 Å². The van der Waals surface area contributed by atoms with Crippen molar-refractivity contribution in [3.05, 3.63) is 71.0 Å². The molecule has 4 nitrogen and oxygen atoms in total. The van der Waals surface area contributed by atoms with Crippen LogP contribution in [0.5, 0.6) is 5.75 Å². The minimum atomic E-state index is -0.0468. The number of aromatic amines is 1. The second-order valence-corrected chi connectivity index (χ2v) is 7.44. The summed E-state index contributed by atoms with van der Waals surface area (Å²) < 4.78 is 5.23. The number of fused-ring (bicyclic) bond motifs is 2. The summed E-state index contributed by atoms with van der Waals surface area (Å²) in [6.07, 6.45) is 6.70. The highest BCUT2D eigenvalue weighted by molar-refractivity contribution is 6.35. The summed E-state index contributed by atoms with van der Waals surface area (Å²) in [6, 6.07) is 16.3. The van der Waals surface area contributed by atoms with Crippen molar-refractivity contribution in [1.82, 2.24) is 4.98 Å². The predicted molar refractivity (Wildman–Crippen MR) is 112 cm³/mol. The van der Waals surface area contributed by atoms with Crippen LogP contribution in [0.3, 0.4) is 0 Å². The van der Waals surface area contributed by atoms with Gasteiger partial charge in [0.2, 0.25) is 0 Å². The van der Waals surface area contributed by atoms with Crippen LogP contribution in [0.4, 0.5) is 5.69 Å². The third-order valence-corrected chi connectivity index (χ3v) is 5.66. The van der Waals surface area contributed by atoms with Gasteiger partial charge in [-0.1, -0.05) is 24.3 Å². The summed E-state index contributed by atoms with van der Waals surface area (Å²) >= 11 is 0. The highest BCUT2D eigenvalue weighted by Gasteiger charge is 2.25. The van der Waals surface area contributed by atoms with Gasteiger partial charge in [0.1, 0.15) is 5.75 Å². The van der Waals surface area contributed by atoms with Crippen molar-refractivity contribution in [1.29, 1.82) is 0 Å². The van der Waals surface area contributed by atoms with E-state index in [0.29, 0.717) is 0 Å². The molecule has 0 saturated carbocycles. The molecule has 1 aromatic heterocycles. The number of aryl methyl sites for hydroxylation is 2. The van der Waals surface area contributed by atoms with E-state index in [2.05, 4.69) is 22.4 Å². The number of anilines is 1. The summed E-state index contributed by atoms with van der Waals surface area (Å²) in [7, 11) is 1.66. The van der Waals surface area contributed by atoms with Crippen LogP contribution in [0, 0.1) is 0 Å². The molecule has 0 unspecified atom stereocenters. The summed E-state index contributed by atoms with van der Waals surface area (Å²) in [5, 5.41) is 3.02. The number of carbonyl (C=O) groups is 1. The van der Waals surface area contributed by atoms with Crippen molar-refractivity contribution in [3.63, 3.8) is 0 Å². The number of amides is 1. The SMILES string of the molecule is COc1ccc(-c2ccc3c(c2)NC(=O)/C3=C\c2cc3c([nH]2)CCCC3)cc1. The van der Waals surface area contributed by atoms with E-state index in [1.54, 1.807) is 7.11 Å². The lowest BCUT2D eigenvalue weighted by Crippen LogP contribution is -2.03. The van der Waals surface area contributed by atoms with Gasteiger partial charge in [0, 0.05) is 22.6 Å². The number of methoxy groups -OCH3 is 1. The number of hydrogen-bond acceptors (Lipinski definition) is 2. The molecule has 140 valence electrons. The first kappa shape index (κ1) is 16.9. The first-order valence-electron chi connectivity index (χ1n) is 9.74. The Morgan fingerprint density at radius 2 is 1.75 bits per heavy atom. The molecule has 0 bridgehead atoms. The molecule has 0 atom stereocenters. The van der Waals surface area contributed by atoms with Gasteiger partial charge >= 0.3 is 0 Å². The number of benzene rings is 2. The van der Waals surface area contributed by atoms with Gasteiger partial charge in [0.15, 0.2) is 0 Å². The van der Waals surface area contributed by atoms with Gasteiger partial charge in [-0.3, -0.25) is 4.79 Å². The Morgan fingerprint density at radius 1 is 0.964 bits per heavy atom. The molecule has 3 aromatic rings. The molecule has 2 heterocycles. The minimum Gasteiger partial charge on any atom is -0.497 e. The first-order valence-corrected chi connectivity index (χ1v) is 9.74. The van der Waals surface area contributed by atoms with Crippen molar-refractivity contribution < 1.29 is 9.53 Å². The van der Waals surface area contributed by atoms with Crippen LogP contribution in [0.2, 0.25) is 0 Å². The Bertz CT molecular complexity index is 1070. The number of H-pyrrole nitrogens is 1. The second-order valence-electron chi connectivity index (χ2n) is 7.44. The molecule has 2 N–H and O–H groups in total. The molecule has 1 amide bonds. The highest BCUT2D eigenvalue weighted by atomic mass is 16.5. The zero-order valence-electron chi connectivity index (χ0n) is 15.8. The van der Waals surface area contributed by atoms with Gasteiger partial charge in [0.05, 0.1) is 12.7 Å². The summed E-state index contributed by atoms with van der Waals surface area (Å²) in [5.41, 5.74) is 8.43. The highest BCUT2D eigenvalue weighted by Crippen LogP contribution is 2.37. The van der Waals surface area contributed by atoms with E-state index in [9.17, 15) is 4.79 Å². The van der Waals surface area contributed by atoms with Crippen LogP contribution in [0.1, 0.15) is 35.4 Å². The smallest absolute Gasteiger partial charge is 0.256 e. The standard InChI is InChI=1S/C24H22N2O2/c1-28-19-9-6-15(7-10-19)16-8-11-20-21(24(27)26-23(20)13-16)14-18-12-17-4-2-3-5-22(17)25-18/h6-14,25H,2-5H2,1H3,(H,26,27)/b21-14-. The zero-order chi connectivity index (χ0) is 19.1. The Labute approximate surface area is 164 Å². The Kier molecular flexibility index (Phi) is 4.05. The molecule has 28 heavy (non-hydrogen) atoms. The Morgan fingerprint density at radius 3 is 2.54 bits per heavy atom. The van der Waals surface area contributed by atoms with Crippen molar-refractivity contribution in [3.8, 4) is 16.9 Å². The van der Waals surface area contributed by atoms with Gasteiger partial charge in [-0.2, -0.15) is 0 Å². The molecular weight excluding hydrogens is 348 g/mol. The van der Waals surface area contributed by atoms with E-state index in [4.69, 9.17) is 4.74 Å². The molecule has 5 rings (SSSR count). The van der Waals surface area contributed by atoms with Gasteiger partial charge in [-0.25, -0.2) is 0 Å². The normalized spacial score (nSPS) is 16.6. The van der Waals surface area contributed by atoms with E-state index in [1.165, 1.54) is 24.1 Å². The first-order chi connectivity index (χ1) is 13.7. The monoisotopic (exact) mass is 370 g/mol. The fraction of sp³-hybridized carbons (Fsp3) is 0.208. The molecule has 0 saturated heterocycles. The van der Waals surface area contributed by atoms with Crippen LogP contribution in [0.15, 0.2) is 48.5 Å². The van der Waals surface area contributed by atoms with E-state index in [1.807, 2.05) is 42.5 Å². The van der Waals surface area contributed by atoms with E-state index < -0.39 is 0 Å². The lowest BCUT2D eigenvalue weighted by atomic mass is 9.98. The topological polar surface area (TPSA) is 54.1 Å². The summed E-state index contributed by atoms with van der Waals surface area (Å²) in [6.45, 7) is 0. The fourth-order valence-electron chi connectivity index (χ4n) is 4.16. The molecule has 0 radical (unpaired) electrons. The van der Waals surface area contributed by atoms with E-state index in [0.717, 1.165) is 52.2 Å². The number of carbonyl (C=O) groups excluding carboxylic acids is 1. The van der Waals surface area contributed by atoms with Gasteiger partial charge in [0.25, 0.3) is 5.91 Å². The number of aromatic nitrogens is 1. The largest absolute Gasteiger partial charge is 0.497 e. The number of ether oxygens (including phenoxy) is 1. The molecule has 0 fully saturated rings. The summed E-state index contributed by atoms with van der Waals surface area (Å²) in [4.78, 5) is 16.1. The Hall–Kier alpha value is -3.27. The molecule has 2 aliphatic rings. The molecule has 4 heteroatoms. The van der Waals surface area contributed by atoms with Crippen LogP contribution >= 0.6 is 0 Å². The molecule has 0 spiro atoms. The molecule has 1 aliphatic heterocycles. The van der Waals surface area contributed by atoms with Gasteiger partial charge in [-0.05, 0) is 72.7 Å². The van der Waals surface area contributed by atoms with Crippen LogP contribution < -0.4 is 10.1 Å². The number of nitrogens with one attached hydrogen (secondary N) is 2. The van der Waals surface area contributed by atoms with Gasteiger partial charge < -0.3 is 15.0 Å². The zero-order valence-corrected chi connectivity index (χ0v) is 15.8. The van der Waals surface area contributed by atoms with Crippen LogP contribution in [0.25, 0.3) is 22.8 Å². The second kappa shape index (κ2) is 6.71. The summed E-state index contributed by atoms with van der Waals surface area (Å²) in [5.74, 6) is 0.784. The van der Waals surface area contributed by atoms with E-state index in [-0.39, 0.29) is 5.91 Å². The van der Waals surface area contributed by atoms with Gasteiger partial charge in [-0.15, -0.1) is 0 Å². The molecular formula is C24H22N2O2. The quantitative estimate of drug-likeness (QED) is 0.633. The van der Waals surface area contributed by atoms with Crippen molar-refractivity contribution in [2.24, 2.45) is 0 Å². The average Bonchev–Trinajstić information content (AvgIpc) is 3.28. The van der Waals surface area contributed by atoms with Crippen LogP contribution in [-0.2, 0) is 17.6 Å². The van der Waals surface area contributed by atoms with Crippen molar-refractivity contribution in [2.75, 3.05) is 12.4 Å². The molecule has 2 aromatic carbocycles. The number of hydrogen-bond donors (Lipinski definition) is 2. The van der Waals surface area contributed by atoms with E-state index >= 15 is 0 Å². The molecule has 1 aliphatic carbocycles. The average molecular weight is 370 g/mol. The maximum absolute atomic E-state index is 12.6. The van der Waals surface area contributed by atoms with Crippen molar-refractivity contribution >= 4 is 23.2 Å². The maximum atomic E-state index is 12.6. The lowest BCUT2D eigenvalue weighted by Gasteiger charge is -2.08. The third-order valence-electron chi connectivity index (χ3n) is 5.66. The maximum Gasteiger partial charge on any atom is 0.256 e. The minimum absolute atomic E-state index is 0.0468. The number of rotatable bonds is 3. The third kappa shape index (κ3) is 2.91. The lowest BCUT2D eigenvalue weighted by molar-refractivity contribution is -0.110.